The third-order valence-corrected chi connectivity index (χ3v) is 3.52. The maximum atomic E-state index is 12.2. The number of carbonyl (C=O) groups excluding carboxylic acids is 2. The molecule has 6 nitrogen and oxygen atoms in total. The van der Waals surface area contributed by atoms with Crippen LogP contribution in [0.3, 0.4) is 0 Å². The number of rotatable bonds is 6. The van der Waals surface area contributed by atoms with Crippen molar-refractivity contribution < 1.29 is 22.8 Å². The Kier molecular flexibility index (Phi) is 8.31. The van der Waals surface area contributed by atoms with Crippen LogP contribution in [-0.4, -0.2) is 55.0 Å². The molecule has 1 aliphatic heterocycles. The van der Waals surface area contributed by atoms with Gasteiger partial charge in [0.15, 0.2) is 5.96 Å². The van der Waals surface area contributed by atoms with Gasteiger partial charge in [0.2, 0.25) is 0 Å². The van der Waals surface area contributed by atoms with Gasteiger partial charge in [0.1, 0.15) is 0 Å². The summed E-state index contributed by atoms with van der Waals surface area (Å²) in [5, 5.41) is 5.64. The molecule has 0 fully saturated rings. The number of halogens is 4. The number of benzene rings is 1. The number of hydrogen-bond acceptors (Lipinski definition) is 3. The highest BCUT2D eigenvalue weighted by atomic mass is 127. The normalized spacial score (nSPS) is 14.2. The minimum absolute atomic E-state index is 0. The zero-order chi connectivity index (χ0) is 18.4. The van der Waals surface area contributed by atoms with Crippen LogP contribution in [0.15, 0.2) is 29.3 Å². The molecule has 26 heavy (non-hydrogen) atoms. The molecule has 0 spiro atoms. The third-order valence-electron chi connectivity index (χ3n) is 3.52. The van der Waals surface area contributed by atoms with Gasteiger partial charge in [-0.1, -0.05) is 12.1 Å². The van der Waals surface area contributed by atoms with E-state index < -0.39 is 19.1 Å². The fraction of sp³-hybridized carbons (Fsp3) is 0.438. The predicted molar refractivity (Wildman–Crippen MR) is 102 cm³/mol. The topological polar surface area (TPSA) is 73.8 Å². The standard InChI is InChI=1S/C16H19F3N4O2.HI/c1-2-20-15(21-8-7-16(17,18)19)22-9-10-23-13(24)11-5-3-4-6-12(11)14(23)25;/h3-6H,2,7-10H2,1H3,(H2,20,21,22);1H. The summed E-state index contributed by atoms with van der Waals surface area (Å²) in [5.41, 5.74) is 0.719. The van der Waals surface area contributed by atoms with Crippen molar-refractivity contribution in [1.29, 1.82) is 0 Å². The first-order valence-corrected chi connectivity index (χ1v) is 7.87. The molecule has 2 N–H and O–H groups in total. The monoisotopic (exact) mass is 484 g/mol. The van der Waals surface area contributed by atoms with Gasteiger partial charge >= 0.3 is 6.18 Å². The van der Waals surface area contributed by atoms with Crippen molar-refractivity contribution in [3.63, 3.8) is 0 Å². The van der Waals surface area contributed by atoms with Gasteiger partial charge in [0, 0.05) is 19.6 Å². The zero-order valence-corrected chi connectivity index (χ0v) is 16.4. The first-order valence-electron chi connectivity index (χ1n) is 7.87. The second-order valence-corrected chi connectivity index (χ2v) is 5.36. The number of nitrogens with zero attached hydrogens (tertiary/aromatic N) is 2. The Hall–Kier alpha value is -1.85. The molecule has 1 aliphatic rings. The maximum absolute atomic E-state index is 12.2. The summed E-state index contributed by atoms with van der Waals surface area (Å²) in [6.45, 7) is 2.14. The molecule has 0 unspecified atom stereocenters. The fourth-order valence-electron chi connectivity index (χ4n) is 2.36. The molecule has 1 aromatic rings. The van der Waals surface area contributed by atoms with Crippen LogP contribution in [-0.2, 0) is 0 Å². The Labute approximate surface area is 166 Å². The summed E-state index contributed by atoms with van der Waals surface area (Å²) >= 11 is 0. The minimum atomic E-state index is -4.26. The van der Waals surface area contributed by atoms with Gasteiger partial charge in [-0.2, -0.15) is 13.2 Å². The molecular weight excluding hydrogens is 464 g/mol. The van der Waals surface area contributed by atoms with Gasteiger partial charge in [-0.3, -0.25) is 19.5 Å². The number of aliphatic imine (C=N–C) groups is 1. The molecule has 0 saturated carbocycles. The van der Waals surface area contributed by atoms with Crippen molar-refractivity contribution in [2.24, 2.45) is 4.99 Å². The molecule has 0 aliphatic carbocycles. The molecule has 1 aromatic carbocycles. The number of guanidine groups is 1. The number of imide groups is 1. The van der Waals surface area contributed by atoms with Gasteiger partial charge in [-0.15, -0.1) is 24.0 Å². The van der Waals surface area contributed by atoms with Gasteiger partial charge in [-0.05, 0) is 19.1 Å². The third kappa shape index (κ3) is 5.85. The van der Waals surface area contributed by atoms with Gasteiger partial charge in [0.25, 0.3) is 11.8 Å². The largest absolute Gasteiger partial charge is 0.390 e. The molecule has 0 aromatic heterocycles. The lowest BCUT2D eigenvalue weighted by molar-refractivity contribution is -0.132. The van der Waals surface area contributed by atoms with Crippen LogP contribution in [0, 0.1) is 0 Å². The summed E-state index contributed by atoms with van der Waals surface area (Å²) in [7, 11) is 0. The van der Waals surface area contributed by atoms with E-state index in [0.717, 1.165) is 4.90 Å². The van der Waals surface area contributed by atoms with Crippen molar-refractivity contribution in [2.45, 2.75) is 19.5 Å². The second kappa shape index (κ2) is 9.74. The lowest BCUT2D eigenvalue weighted by Crippen LogP contribution is -2.43. The molecule has 2 rings (SSSR count). The van der Waals surface area contributed by atoms with E-state index >= 15 is 0 Å². The van der Waals surface area contributed by atoms with Crippen molar-refractivity contribution in [2.75, 3.05) is 26.2 Å². The van der Waals surface area contributed by atoms with Crippen molar-refractivity contribution >= 4 is 41.8 Å². The Morgan fingerprint density at radius 2 is 1.69 bits per heavy atom. The summed E-state index contributed by atoms with van der Waals surface area (Å²) in [6.07, 6.45) is -5.27. The van der Waals surface area contributed by atoms with Crippen LogP contribution in [0.2, 0.25) is 0 Å². The lowest BCUT2D eigenvalue weighted by Gasteiger charge is -2.16. The quantitative estimate of drug-likeness (QED) is 0.282. The van der Waals surface area contributed by atoms with Crippen LogP contribution in [0.5, 0.6) is 0 Å². The molecular formula is C16H20F3IN4O2. The van der Waals surface area contributed by atoms with E-state index in [-0.39, 0.29) is 54.8 Å². The zero-order valence-electron chi connectivity index (χ0n) is 14.1. The van der Waals surface area contributed by atoms with Crippen molar-refractivity contribution in [3.05, 3.63) is 35.4 Å². The van der Waals surface area contributed by atoms with Crippen LogP contribution in [0.25, 0.3) is 0 Å². The van der Waals surface area contributed by atoms with E-state index in [9.17, 15) is 22.8 Å². The Morgan fingerprint density at radius 3 is 2.19 bits per heavy atom. The van der Waals surface area contributed by atoms with E-state index in [1.54, 1.807) is 31.2 Å². The van der Waals surface area contributed by atoms with Gasteiger partial charge in [0.05, 0.1) is 24.1 Å². The molecule has 0 atom stereocenters. The first-order chi connectivity index (χ1) is 11.8. The number of carbonyl (C=O) groups is 2. The first kappa shape index (κ1) is 22.2. The van der Waals surface area contributed by atoms with Crippen LogP contribution in [0.1, 0.15) is 34.1 Å². The average molecular weight is 484 g/mol. The molecule has 0 radical (unpaired) electrons. The van der Waals surface area contributed by atoms with Crippen molar-refractivity contribution in [3.8, 4) is 0 Å². The summed E-state index contributed by atoms with van der Waals surface area (Å²) in [4.78, 5) is 29.3. The molecule has 1 heterocycles. The Bertz CT molecular complexity index is 645. The SMILES string of the molecule is CCNC(=NCCC(F)(F)F)NCCN1C(=O)c2ccccc2C1=O.I. The van der Waals surface area contributed by atoms with Gasteiger partial charge in [-0.25, -0.2) is 0 Å². The highest BCUT2D eigenvalue weighted by Gasteiger charge is 2.34. The van der Waals surface area contributed by atoms with E-state index in [1.807, 2.05) is 0 Å². The van der Waals surface area contributed by atoms with Crippen LogP contribution < -0.4 is 10.6 Å². The minimum Gasteiger partial charge on any atom is -0.357 e. The molecule has 10 heteroatoms. The summed E-state index contributed by atoms with van der Waals surface area (Å²) < 4.78 is 36.5. The molecule has 0 bridgehead atoms. The molecule has 0 saturated heterocycles. The number of amides is 2. The van der Waals surface area contributed by atoms with E-state index in [0.29, 0.717) is 17.7 Å². The van der Waals surface area contributed by atoms with E-state index in [4.69, 9.17) is 0 Å². The average Bonchev–Trinajstić information content (AvgIpc) is 2.79. The smallest absolute Gasteiger partial charge is 0.357 e. The second-order valence-electron chi connectivity index (χ2n) is 5.36. The highest BCUT2D eigenvalue weighted by Crippen LogP contribution is 2.21. The molecule has 2 amide bonds. The van der Waals surface area contributed by atoms with Crippen LogP contribution in [0.4, 0.5) is 13.2 Å². The molecule has 144 valence electrons. The van der Waals surface area contributed by atoms with Crippen molar-refractivity contribution in [1.82, 2.24) is 15.5 Å². The number of nitrogens with one attached hydrogen (secondary N) is 2. The fourth-order valence-corrected chi connectivity index (χ4v) is 2.36. The Balaban J connectivity index is 0.00000338. The highest BCUT2D eigenvalue weighted by molar-refractivity contribution is 14.0. The summed E-state index contributed by atoms with van der Waals surface area (Å²) in [5.74, 6) is -0.536. The number of fused-ring (bicyclic) bond motifs is 1. The predicted octanol–water partition coefficient (Wildman–Crippen LogP) is 2.41. The summed E-state index contributed by atoms with van der Waals surface area (Å²) in [6, 6.07) is 6.54. The maximum Gasteiger partial charge on any atom is 0.390 e. The van der Waals surface area contributed by atoms with E-state index in [1.165, 1.54) is 0 Å². The lowest BCUT2D eigenvalue weighted by atomic mass is 10.1. The van der Waals surface area contributed by atoms with Crippen LogP contribution >= 0.6 is 24.0 Å². The van der Waals surface area contributed by atoms with E-state index in [2.05, 4.69) is 15.6 Å². The Morgan fingerprint density at radius 1 is 1.12 bits per heavy atom. The van der Waals surface area contributed by atoms with Gasteiger partial charge < -0.3 is 10.6 Å². The number of alkyl halides is 3. The number of hydrogen-bond donors (Lipinski definition) is 2.